The fourth-order valence-corrected chi connectivity index (χ4v) is 5.49. The van der Waals surface area contributed by atoms with E-state index in [0.29, 0.717) is 18.8 Å². The fraction of sp³-hybridized carbons (Fsp3) is 0.464. The largest absolute Gasteiger partial charge is 0.481 e. The van der Waals surface area contributed by atoms with Crippen molar-refractivity contribution in [1.82, 2.24) is 10.2 Å². The summed E-state index contributed by atoms with van der Waals surface area (Å²) in [7, 11) is 0. The SMILES string of the molecule is CCC1(C(=O)O)CN(C(=O)C(CNC(=O)OCC2c3ccccc3-c3ccccc32)CC2CC2)C1. The molecule has 1 saturated carbocycles. The number of benzene rings is 2. The van der Waals surface area contributed by atoms with Crippen LogP contribution in [-0.2, 0) is 14.3 Å². The van der Waals surface area contributed by atoms with Gasteiger partial charge in [-0.15, -0.1) is 0 Å². The monoisotopic (exact) mass is 476 g/mol. The summed E-state index contributed by atoms with van der Waals surface area (Å²) in [4.78, 5) is 38.9. The molecule has 1 atom stereocenters. The quantitative estimate of drug-likeness (QED) is 0.564. The Kier molecular flexibility index (Phi) is 6.26. The third-order valence-electron chi connectivity index (χ3n) is 7.93. The van der Waals surface area contributed by atoms with Crippen molar-refractivity contribution in [3.05, 3.63) is 59.7 Å². The van der Waals surface area contributed by atoms with Gasteiger partial charge in [-0.2, -0.15) is 0 Å². The number of carboxylic acids is 1. The van der Waals surface area contributed by atoms with Crippen LogP contribution < -0.4 is 5.32 Å². The van der Waals surface area contributed by atoms with Crippen LogP contribution in [0.25, 0.3) is 11.1 Å². The van der Waals surface area contributed by atoms with E-state index in [2.05, 4.69) is 29.6 Å². The molecular weight excluding hydrogens is 444 g/mol. The van der Waals surface area contributed by atoms with E-state index >= 15 is 0 Å². The highest BCUT2D eigenvalue weighted by Crippen LogP contribution is 2.44. The molecule has 2 amide bonds. The Hall–Kier alpha value is -3.35. The number of hydrogen-bond donors (Lipinski definition) is 2. The Morgan fingerprint density at radius 1 is 1.06 bits per heavy atom. The molecule has 0 spiro atoms. The second kappa shape index (κ2) is 9.36. The van der Waals surface area contributed by atoms with Crippen molar-refractivity contribution in [1.29, 1.82) is 0 Å². The molecule has 35 heavy (non-hydrogen) atoms. The number of carboxylic acid groups (broad SMARTS) is 1. The molecule has 1 unspecified atom stereocenters. The maximum Gasteiger partial charge on any atom is 0.407 e. The van der Waals surface area contributed by atoms with Crippen molar-refractivity contribution in [2.75, 3.05) is 26.2 Å². The Labute approximate surface area is 205 Å². The van der Waals surface area contributed by atoms with E-state index in [4.69, 9.17) is 4.74 Å². The summed E-state index contributed by atoms with van der Waals surface area (Å²) in [5, 5.41) is 12.3. The predicted molar refractivity (Wildman–Crippen MR) is 131 cm³/mol. The average Bonchev–Trinajstić information content (AvgIpc) is 3.60. The molecule has 7 heteroatoms. The van der Waals surface area contributed by atoms with Crippen LogP contribution in [0.3, 0.4) is 0 Å². The molecule has 2 aromatic carbocycles. The number of carbonyl (C=O) groups is 3. The number of nitrogens with zero attached hydrogens (tertiary/aromatic N) is 1. The van der Waals surface area contributed by atoms with Crippen LogP contribution in [-0.4, -0.2) is 54.2 Å². The molecule has 1 aliphatic heterocycles. The number of nitrogens with one attached hydrogen (secondary N) is 1. The minimum atomic E-state index is -0.848. The van der Waals surface area contributed by atoms with Crippen molar-refractivity contribution < 1.29 is 24.2 Å². The number of likely N-dealkylation sites (tertiary alicyclic amines) is 1. The minimum absolute atomic E-state index is 0.0173. The third kappa shape index (κ3) is 4.51. The second-order valence-corrected chi connectivity index (χ2v) is 10.2. The summed E-state index contributed by atoms with van der Waals surface area (Å²) in [6.45, 7) is 2.75. The van der Waals surface area contributed by atoms with E-state index in [9.17, 15) is 19.5 Å². The van der Waals surface area contributed by atoms with Crippen molar-refractivity contribution in [3.8, 4) is 11.1 Å². The number of rotatable bonds is 9. The van der Waals surface area contributed by atoms with E-state index < -0.39 is 17.5 Å². The highest BCUT2D eigenvalue weighted by molar-refractivity contribution is 5.85. The first-order chi connectivity index (χ1) is 16.9. The van der Waals surface area contributed by atoms with E-state index in [1.54, 1.807) is 4.90 Å². The number of ether oxygens (including phenoxy) is 1. The van der Waals surface area contributed by atoms with Gasteiger partial charge in [-0.05, 0) is 41.0 Å². The highest BCUT2D eigenvalue weighted by atomic mass is 16.5. The second-order valence-electron chi connectivity index (χ2n) is 10.2. The molecular formula is C28H32N2O5. The molecule has 2 fully saturated rings. The molecule has 3 aliphatic rings. The van der Waals surface area contributed by atoms with Gasteiger partial charge in [-0.3, -0.25) is 9.59 Å². The summed E-state index contributed by atoms with van der Waals surface area (Å²) in [6, 6.07) is 16.4. The molecule has 1 saturated heterocycles. The number of amides is 2. The van der Waals surface area contributed by atoms with Gasteiger partial charge >= 0.3 is 12.1 Å². The topological polar surface area (TPSA) is 95.9 Å². The standard InChI is InChI=1S/C28H32N2O5/c1-2-28(26(32)33)16-30(17-28)25(31)19(13-18-11-12-18)14-29-27(34)35-15-24-22-9-5-3-7-20(22)21-8-4-6-10-23(21)24/h3-10,18-19,24H,2,11-17H2,1H3,(H,29,34)(H,32,33). The Morgan fingerprint density at radius 3 is 2.20 bits per heavy atom. The molecule has 2 N–H and O–H groups in total. The van der Waals surface area contributed by atoms with Crippen LogP contribution >= 0.6 is 0 Å². The summed E-state index contributed by atoms with van der Waals surface area (Å²) in [5.74, 6) is -0.784. The molecule has 5 rings (SSSR count). The molecule has 184 valence electrons. The third-order valence-corrected chi connectivity index (χ3v) is 7.93. The van der Waals surface area contributed by atoms with Gasteiger partial charge in [0, 0.05) is 25.6 Å². The van der Waals surface area contributed by atoms with Crippen LogP contribution in [0.4, 0.5) is 4.79 Å². The average molecular weight is 477 g/mol. The van der Waals surface area contributed by atoms with Crippen molar-refractivity contribution in [3.63, 3.8) is 0 Å². The van der Waals surface area contributed by atoms with E-state index in [1.807, 2.05) is 31.2 Å². The van der Waals surface area contributed by atoms with Gasteiger partial charge in [-0.25, -0.2) is 4.79 Å². The van der Waals surface area contributed by atoms with Gasteiger partial charge in [0.2, 0.25) is 5.91 Å². The van der Waals surface area contributed by atoms with Gasteiger partial charge in [0.05, 0.1) is 5.92 Å². The Morgan fingerprint density at radius 2 is 1.66 bits per heavy atom. The molecule has 0 aromatic heterocycles. The number of hydrogen-bond acceptors (Lipinski definition) is 4. The van der Waals surface area contributed by atoms with Gasteiger partial charge in [0.25, 0.3) is 0 Å². The zero-order valence-corrected chi connectivity index (χ0v) is 20.0. The Bertz CT molecular complexity index is 1090. The maximum absolute atomic E-state index is 13.1. The van der Waals surface area contributed by atoms with E-state index in [-0.39, 0.29) is 44.0 Å². The van der Waals surface area contributed by atoms with E-state index in [0.717, 1.165) is 24.0 Å². The number of fused-ring (bicyclic) bond motifs is 3. The van der Waals surface area contributed by atoms with Crippen LogP contribution in [0.2, 0.25) is 0 Å². The number of carbonyl (C=O) groups excluding carboxylic acids is 2. The molecule has 2 aliphatic carbocycles. The van der Waals surface area contributed by atoms with Crippen LogP contribution in [0, 0.1) is 17.3 Å². The van der Waals surface area contributed by atoms with Crippen LogP contribution in [0.1, 0.15) is 49.7 Å². The zero-order valence-electron chi connectivity index (χ0n) is 20.0. The summed E-state index contributed by atoms with van der Waals surface area (Å²) < 4.78 is 5.62. The first-order valence-corrected chi connectivity index (χ1v) is 12.5. The summed E-state index contributed by atoms with van der Waals surface area (Å²) in [5.41, 5.74) is 3.82. The zero-order chi connectivity index (χ0) is 24.6. The lowest BCUT2D eigenvalue weighted by Gasteiger charge is -2.47. The van der Waals surface area contributed by atoms with Crippen LogP contribution in [0.5, 0.6) is 0 Å². The summed E-state index contributed by atoms with van der Waals surface area (Å²) >= 11 is 0. The van der Waals surface area contributed by atoms with E-state index in [1.165, 1.54) is 11.1 Å². The van der Waals surface area contributed by atoms with Crippen molar-refractivity contribution in [2.45, 2.75) is 38.5 Å². The smallest absolute Gasteiger partial charge is 0.407 e. The molecule has 0 bridgehead atoms. The summed E-state index contributed by atoms with van der Waals surface area (Å²) in [6.07, 6.45) is 2.88. The minimum Gasteiger partial charge on any atom is -0.481 e. The molecule has 2 aromatic rings. The first kappa shape index (κ1) is 23.4. The fourth-order valence-electron chi connectivity index (χ4n) is 5.49. The predicted octanol–water partition coefficient (Wildman–Crippen LogP) is 4.26. The molecule has 0 radical (unpaired) electrons. The number of alkyl carbamates (subject to hydrolysis) is 1. The van der Waals surface area contributed by atoms with Gasteiger partial charge < -0.3 is 20.1 Å². The maximum atomic E-state index is 13.1. The molecule has 1 heterocycles. The Balaban J connectivity index is 1.17. The lowest BCUT2D eigenvalue weighted by atomic mass is 9.76. The number of aliphatic carboxylic acids is 1. The van der Waals surface area contributed by atoms with Gasteiger partial charge in [0.1, 0.15) is 12.0 Å². The van der Waals surface area contributed by atoms with Gasteiger partial charge in [0.15, 0.2) is 0 Å². The first-order valence-electron chi connectivity index (χ1n) is 12.5. The lowest BCUT2D eigenvalue weighted by molar-refractivity contribution is -0.168. The normalized spacial score (nSPS) is 18.7. The van der Waals surface area contributed by atoms with Crippen molar-refractivity contribution in [2.24, 2.45) is 17.3 Å². The molecule has 7 nitrogen and oxygen atoms in total. The highest BCUT2D eigenvalue weighted by Gasteiger charge is 2.51. The van der Waals surface area contributed by atoms with Crippen molar-refractivity contribution >= 4 is 18.0 Å². The van der Waals surface area contributed by atoms with Gasteiger partial charge in [-0.1, -0.05) is 68.3 Å². The van der Waals surface area contributed by atoms with Crippen LogP contribution in [0.15, 0.2) is 48.5 Å². The lowest BCUT2D eigenvalue weighted by Crippen LogP contribution is -2.63.